The molecule has 0 unspecified atom stereocenters. The van der Waals surface area contributed by atoms with Crippen LogP contribution in [0.4, 0.5) is 0 Å². The van der Waals surface area contributed by atoms with E-state index in [1.807, 2.05) is 72.5 Å². The van der Waals surface area contributed by atoms with Crippen molar-refractivity contribution in [3.8, 4) is 5.75 Å². The second-order valence-corrected chi connectivity index (χ2v) is 8.53. The Labute approximate surface area is 200 Å². The van der Waals surface area contributed by atoms with E-state index in [1.165, 1.54) is 0 Å². The maximum atomic E-state index is 12.5. The number of fused-ring (bicyclic) bond motifs is 1. The van der Waals surface area contributed by atoms with Gasteiger partial charge in [-0.3, -0.25) is 9.48 Å². The Kier molecular flexibility index (Phi) is 6.60. The average molecular weight is 509 g/mol. The quantitative estimate of drug-likeness (QED) is 0.300. The van der Waals surface area contributed by atoms with E-state index in [1.54, 1.807) is 13.3 Å². The molecule has 0 saturated heterocycles. The van der Waals surface area contributed by atoms with Crippen LogP contribution in [0.5, 0.6) is 5.75 Å². The normalized spacial score (nSPS) is 11.4. The Hall–Kier alpha value is -3.46. The predicted octanol–water partition coefficient (Wildman–Crippen LogP) is 4.13. The number of imidazole rings is 1. The van der Waals surface area contributed by atoms with Crippen LogP contribution in [0.2, 0.25) is 0 Å². The molecule has 8 nitrogen and oxygen atoms in total. The van der Waals surface area contributed by atoms with E-state index in [0.29, 0.717) is 6.54 Å². The number of aryl methyl sites for hydroxylation is 2. The first-order chi connectivity index (χ1) is 15.9. The molecule has 0 aliphatic carbocycles. The third-order valence-electron chi connectivity index (χ3n) is 5.47. The number of benzene rings is 2. The molecule has 2 aromatic carbocycles. The number of methoxy groups -OCH3 is 1. The first-order valence-corrected chi connectivity index (χ1v) is 11.3. The van der Waals surface area contributed by atoms with E-state index < -0.39 is 0 Å². The van der Waals surface area contributed by atoms with Crippen LogP contribution >= 0.6 is 15.9 Å². The summed E-state index contributed by atoms with van der Waals surface area (Å²) in [5.74, 6) is 1.33. The summed E-state index contributed by atoms with van der Waals surface area (Å²) >= 11 is 3.57. The molecule has 0 atom stereocenters. The number of ether oxygens (including phenoxy) is 1. The van der Waals surface area contributed by atoms with Crippen molar-refractivity contribution in [1.82, 2.24) is 24.8 Å². The number of carbonyl (C=O) groups is 1. The van der Waals surface area contributed by atoms with Gasteiger partial charge >= 0.3 is 0 Å². The number of halogens is 1. The standard InChI is InChI=1S/C24H25BrN6O2/c1-15-24(25)16(2)31(29-15)13-19-11-18(9-10-22(19)33-4)12-26-28-23(32)14-30-17(3)27-20-7-5-6-8-21(20)30/h5-12H,13-14H2,1-4H3,(H,28,32)/b26-12-. The molecule has 0 aliphatic heterocycles. The molecule has 1 N–H and O–H groups in total. The van der Waals surface area contributed by atoms with Gasteiger partial charge in [0.15, 0.2) is 0 Å². The molecule has 0 spiro atoms. The van der Waals surface area contributed by atoms with E-state index in [9.17, 15) is 4.79 Å². The molecule has 4 rings (SSSR count). The van der Waals surface area contributed by atoms with Crippen LogP contribution in [-0.4, -0.2) is 38.6 Å². The van der Waals surface area contributed by atoms with Gasteiger partial charge in [0.2, 0.25) is 0 Å². The Morgan fingerprint density at radius 3 is 2.73 bits per heavy atom. The number of hydrogen-bond donors (Lipinski definition) is 1. The number of hydrazone groups is 1. The van der Waals surface area contributed by atoms with Gasteiger partial charge in [-0.25, -0.2) is 10.4 Å². The molecule has 33 heavy (non-hydrogen) atoms. The fraction of sp³-hybridized carbons (Fsp3) is 0.250. The lowest BCUT2D eigenvalue weighted by Gasteiger charge is -2.11. The third kappa shape index (κ3) is 4.83. The molecule has 0 radical (unpaired) electrons. The van der Waals surface area contributed by atoms with Crippen molar-refractivity contribution in [2.75, 3.05) is 7.11 Å². The van der Waals surface area contributed by atoms with Crippen LogP contribution in [0.25, 0.3) is 11.0 Å². The molecule has 4 aromatic rings. The van der Waals surface area contributed by atoms with Gasteiger partial charge in [0, 0.05) is 5.56 Å². The second kappa shape index (κ2) is 9.58. The van der Waals surface area contributed by atoms with Crippen LogP contribution in [0.1, 0.15) is 28.3 Å². The van der Waals surface area contributed by atoms with E-state index >= 15 is 0 Å². The molecule has 2 aromatic heterocycles. The largest absolute Gasteiger partial charge is 0.496 e. The minimum Gasteiger partial charge on any atom is -0.496 e. The highest BCUT2D eigenvalue weighted by molar-refractivity contribution is 9.10. The van der Waals surface area contributed by atoms with E-state index in [0.717, 1.165) is 49.6 Å². The van der Waals surface area contributed by atoms with Crippen LogP contribution < -0.4 is 10.2 Å². The molecule has 0 fully saturated rings. The molecule has 0 aliphatic rings. The molecule has 2 heterocycles. The fourth-order valence-electron chi connectivity index (χ4n) is 3.75. The van der Waals surface area contributed by atoms with Crippen molar-refractivity contribution in [2.24, 2.45) is 5.10 Å². The lowest BCUT2D eigenvalue weighted by molar-refractivity contribution is -0.121. The summed E-state index contributed by atoms with van der Waals surface area (Å²) in [6.07, 6.45) is 1.62. The van der Waals surface area contributed by atoms with Crippen molar-refractivity contribution < 1.29 is 9.53 Å². The number of amides is 1. The zero-order valence-electron chi connectivity index (χ0n) is 19.0. The zero-order chi connectivity index (χ0) is 23.5. The molecular weight excluding hydrogens is 484 g/mol. The van der Waals surface area contributed by atoms with Gasteiger partial charge in [-0.2, -0.15) is 10.2 Å². The molecular formula is C24H25BrN6O2. The number of carbonyl (C=O) groups excluding carboxylic acids is 1. The summed E-state index contributed by atoms with van der Waals surface area (Å²) in [5.41, 5.74) is 8.18. The summed E-state index contributed by atoms with van der Waals surface area (Å²) in [6.45, 7) is 6.57. The van der Waals surface area contributed by atoms with Crippen LogP contribution in [0.15, 0.2) is 52.0 Å². The summed E-state index contributed by atoms with van der Waals surface area (Å²) in [5, 5.41) is 8.72. The van der Waals surface area contributed by atoms with Crippen molar-refractivity contribution >= 4 is 39.1 Å². The van der Waals surface area contributed by atoms with Gasteiger partial charge in [0.25, 0.3) is 5.91 Å². The first-order valence-electron chi connectivity index (χ1n) is 10.5. The molecule has 9 heteroatoms. The number of aromatic nitrogens is 4. The van der Waals surface area contributed by atoms with Crippen molar-refractivity contribution in [2.45, 2.75) is 33.9 Å². The van der Waals surface area contributed by atoms with Crippen LogP contribution in [0, 0.1) is 20.8 Å². The number of rotatable bonds is 7. The number of nitrogens with zero attached hydrogens (tertiary/aromatic N) is 5. The van der Waals surface area contributed by atoms with Gasteiger partial charge in [0.05, 0.1) is 46.8 Å². The van der Waals surface area contributed by atoms with Crippen LogP contribution in [0.3, 0.4) is 0 Å². The topological polar surface area (TPSA) is 86.3 Å². The maximum Gasteiger partial charge on any atom is 0.260 e. The van der Waals surface area contributed by atoms with Crippen molar-refractivity contribution in [3.63, 3.8) is 0 Å². The summed E-state index contributed by atoms with van der Waals surface area (Å²) in [6, 6.07) is 13.5. The van der Waals surface area contributed by atoms with Crippen molar-refractivity contribution in [1.29, 1.82) is 0 Å². The van der Waals surface area contributed by atoms with Gasteiger partial charge in [-0.15, -0.1) is 0 Å². The summed E-state index contributed by atoms with van der Waals surface area (Å²) in [7, 11) is 1.64. The van der Waals surface area contributed by atoms with Crippen molar-refractivity contribution in [3.05, 3.63) is 75.3 Å². The lowest BCUT2D eigenvalue weighted by Crippen LogP contribution is -2.23. The smallest absolute Gasteiger partial charge is 0.260 e. The fourth-order valence-corrected chi connectivity index (χ4v) is 4.03. The minimum absolute atomic E-state index is 0.143. The summed E-state index contributed by atoms with van der Waals surface area (Å²) in [4.78, 5) is 17.0. The van der Waals surface area contributed by atoms with Gasteiger partial charge in [-0.1, -0.05) is 12.1 Å². The number of nitrogens with one attached hydrogen (secondary N) is 1. The Balaban J connectivity index is 1.46. The first kappa shape index (κ1) is 22.7. The molecule has 0 saturated carbocycles. The highest BCUT2D eigenvalue weighted by Crippen LogP contribution is 2.24. The van der Waals surface area contributed by atoms with Gasteiger partial charge in [-0.05, 0) is 72.6 Å². The lowest BCUT2D eigenvalue weighted by atomic mass is 10.1. The number of hydrogen-bond acceptors (Lipinski definition) is 5. The Morgan fingerprint density at radius 1 is 1.21 bits per heavy atom. The molecule has 0 bridgehead atoms. The van der Waals surface area contributed by atoms with Crippen LogP contribution in [-0.2, 0) is 17.9 Å². The number of para-hydroxylation sites is 2. The highest BCUT2D eigenvalue weighted by atomic mass is 79.9. The summed E-state index contributed by atoms with van der Waals surface area (Å²) < 4.78 is 10.3. The second-order valence-electron chi connectivity index (χ2n) is 7.74. The monoisotopic (exact) mass is 508 g/mol. The molecule has 1 amide bonds. The Bertz CT molecular complexity index is 1350. The zero-order valence-corrected chi connectivity index (χ0v) is 20.5. The SMILES string of the molecule is COc1ccc(/C=N\NC(=O)Cn2c(C)nc3ccccc32)cc1Cn1nc(C)c(Br)c1C. The third-order valence-corrected chi connectivity index (χ3v) is 6.62. The van der Waals surface area contributed by atoms with Gasteiger partial charge < -0.3 is 9.30 Å². The molecule has 170 valence electrons. The maximum absolute atomic E-state index is 12.5. The average Bonchev–Trinajstić information content (AvgIpc) is 3.24. The van der Waals surface area contributed by atoms with E-state index in [-0.39, 0.29) is 12.5 Å². The Morgan fingerprint density at radius 2 is 2.00 bits per heavy atom. The van der Waals surface area contributed by atoms with Gasteiger partial charge in [0.1, 0.15) is 18.1 Å². The highest BCUT2D eigenvalue weighted by Gasteiger charge is 2.12. The minimum atomic E-state index is -0.223. The van der Waals surface area contributed by atoms with E-state index in [4.69, 9.17) is 4.74 Å². The predicted molar refractivity (Wildman–Crippen MR) is 132 cm³/mol. The van der Waals surface area contributed by atoms with E-state index in [2.05, 4.69) is 36.5 Å².